The Kier molecular flexibility index (Phi) is 5.79. The number of thiazole rings is 1. The maximum absolute atomic E-state index is 13.4. The number of thioether (sulfide) groups is 1. The Hall–Kier alpha value is -1.90. The lowest BCUT2D eigenvalue weighted by molar-refractivity contribution is 0.0703. The number of aromatic nitrogens is 1. The molecule has 5 nitrogen and oxygen atoms in total. The van der Waals surface area contributed by atoms with Crippen LogP contribution >= 0.6 is 23.1 Å². The number of para-hydroxylation sites is 1. The summed E-state index contributed by atoms with van der Waals surface area (Å²) in [6, 6.07) is 15.8. The van der Waals surface area contributed by atoms with E-state index in [2.05, 4.69) is 6.07 Å². The zero-order valence-corrected chi connectivity index (χ0v) is 19.5. The number of nitrogens with zero attached hydrogens (tertiary/aromatic N) is 2. The molecule has 0 aliphatic carbocycles. The van der Waals surface area contributed by atoms with Gasteiger partial charge in [-0.2, -0.15) is 0 Å². The topological polar surface area (TPSA) is 67.3 Å². The van der Waals surface area contributed by atoms with Gasteiger partial charge in [0.1, 0.15) is 0 Å². The minimum Gasteiger partial charge on any atom is -0.338 e. The number of hydrogen-bond donors (Lipinski definition) is 0. The molecule has 1 aromatic heterocycles. The first-order valence-electron chi connectivity index (χ1n) is 10.6. The second-order valence-electron chi connectivity index (χ2n) is 8.25. The Morgan fingerprint density at radius 3 is 2.71 bits per heavy atom. The SMILES string of the molecule is O=C(c1ccccc1S[C@@H]1CCS(=O)(=O)C1)N1CCC[C@H](c2nc3ccccc3s2)C1. The number of fused-ring (bicyclic) bond motifs is 1. The first-order valence-corrected chi connectivity index (χ1v) is 14.1. The quantitative estimate of drug-likeness (QED) is 0.555. The summed E-state index contributed by atoms with van der Waals surface area (Å²) < 4.78 is 24.9. The van der Waals surface area contributed by atoms with Gasteiger partial charge in [-0.3, -0.25) is 4.79 Å². The molecule has 2 aliphatic rings. The molecule has 0 unspecified atom stereocenters. The minimum absolute atomic E-state index is 0.0239. The lowest BCUT2D eigenvalue weighted by Crippen LogP contribution is -2.39. The number of sulfone groups is 1. The molecule has 5 rings (SSSR count). The summed E-state index contributed by atoms with van der Waals surface area (Å²) in [4.78, 5) is 21.1. The van der Waals surface area contributed by atoms with E-state index in [1.807, 2.05) is 47.4 Å². The van der Waals surface area contributed by atoms with Gasteiger partial charge < -0.3 is 4.90 Å². The molecule has 3 heterocycles. The van der Waals surface area contributed by atoms with Crippen LogP contribution in [0, 0.1) is 0 Å². The van der Waals surface area contributed by atoms with Crippen molar-refractivity contribution in [1.29, 1.82) is 0 Å². The van der Waals surface area contributed by atoms with E-state index in [1.54, 1.807) is 11.3 Å². The predicted octanol–water partition coefficient (Wildman–Crippen LogP) is 4.60. The highest BCUT2D eigenvalue weighted by atomic mass is 32.2. The second kappa shape index (κ2) is 8.56. The average Bonchev–Trinajstić information content (AvgIpc) is 3.36. The van der Waals surface area contributed by atoms with Crippen molar-refractivity contribution < 1.29 is 13.2 Å². The lowest BCUT2D eigenvalue weighted by Gasteiger charge is -2.32. The summed E-state index contributed by atoms with van der Waals surface area (Å²) in [6.45, 7) is 1.42. The monoisotopic (exact) mass is 472 g/mol. The van der Waals surface area contributed by atoms with Crippen molar-refractivity contribution in [3.05, 3.63) is 59.1 Å². The van der Waals surface area contributed by atoms with E-state index in [-0.39, 0.29) is 28.6 Å². The summed E-state index contributed by atoms with van der Waals surface area (Å²) >= 11 is 3.26. The van der Waals surface area contributed by atoms with Crippen LogP contribution in [0.25, 0.3) is 10.2 Å². The van der Waals surface area contributed by atoms with E-state index in [4.69, 9.17) is 4.98 Å². The van der Waals surface area contributed by atoms with Gasteiger partial charge in [-0.15, -0.1) is 23.1 Å². The Morgan fingerprint density at radius 1 is 1.10 bits per heavy atom. The first-order chi connectivity index (χ1) is 15.0. The fourth-order valence-electron chi connectivity index (χ4n) is 4.38. The molecule has 2 aliphatic heterocycles. The summed E-state index contributed by atoms with van der Waals surface area (Å²) in [5.41, 5.74) is 1.71. The first kappa shape index (κ1) is 21.0. The van der Waals surface area contributed by atoms with Crippen LogP contribution in [0.4, 0.5) is 0 Å². The van der Waals surface area contributed by atoms with E-state index in [0.717, 1.165) is 34.8 Å². The Balaban J connectivity index is 1.34. The molecule has 8 heteroatoms. The van der Waals surface area contributed by atoms with E-state index in [1.165, 1.54) is 16.5 Å². The van der Waals surface area contributed by atoms with Crippen LogP contribution in [0.5, 0.6) is 0 Å². The molecule has 0 N–H and O–H groups in total. The Bertz CT molecular complexity index is 1190. The van der Waals surface area contributed by atoms with Crippen molar-refractivity contribution in [2.24, 2.45) is 0 Å². The number of carbonyl (C=O) groups excluding carboxylic acids is 1. The zero-order chi connectivity index (χ0) is 21.4. The number of hydrogen-bond acceptors (Lipinski definition) is 6. The molecule has 31 heavy (non-hydrogen) atoms. The highest BCUT2D eigenvalue weighted by molar-refractivity contribution is 8.02. The molecule has 0 spiro atoms. The fourth-order valence-corrected chi connectivity index (χ4v) is 9.09. The molecular formula is C23H24N2O3S3. The highest BCUT2D eigenvalue weighted by Gasteiger charge is 2.31. The van der Waals surface area contributed by atoms with Crippen LogP contribution in [0.15, 0.2) is 53.4 Å². The number of likely N-dealkylation sites (tertiary alicyclic amines) is 1. The summed E-state index contributed by atoms with van der Waals surface area (Å²) in [5, 5.41) is 1.13. The van der Waals surface area contributed by atoms with Gasteiger partial charge in [0.05, 0.1) is 32.3 Å². The average molecular weight is 473 g/mol. The van der Waals surface area contributed by atoms with Crippen LogP contribution in [-0.2, 0) is 9.84 Å². The molecule has 0 radical (unpaired) electrons. The zero-order valence-electron chi connectivity index (χ0n) is 17.1. The van der Waals surface area contributed by atoms with Crippen LogP contribution in [0.3, 0.4) is 0 Å². The maximum Gasteiger partial charge on any atom is 0.255 e. The second-order valence-corrected chi connectivity index (χ2v) is 12.9. The van der Waals surface area contributed by atoms with Gasteiger partial charge in [0.15, 0.2) is 9.84 Å². The van der Waals surface area contributed by atoms with E-state index in [9.17, 15) is 13.2 Å². The normalized spacial score (nSPS) is 23.3. The molecule has 0 saturated carbocycles. The smallest absolute Gasteiger partial charge is 0.255 e. The van der Waals surface area contributed by atoms with Crippen molar-refractivity contribution in [3.63, 3.8) is 0 Å². The molecule has 0 bridgehead atoms. The van der Waals surface area contributed by atoms with Crippen molar-refractivity contribution in [2.75, 3.05) is 24.6 Å². The number of rotatable bonds is 4. The van der Waals surface area contributed by atoms with Crippen LogP contribution in [-0.4, -0.2) is 54.1 Å². The number of amides is 1. The fraction of sp³-hybridized carbons (Fsp3) is 0.391. The van der Waals surface area contributed by atoms with Gasteiger partial charge in [0, 0.05) is 29.2 Å². The van der Waals surface area contributed by atoms with Gasteiger partial charge in [0.25, 0.3) is 5.91 Å². The van der Waals surface area contributed by atoms with Crippen LogP contribution < -0.4 is 0 Å². The van der Waals surface area contributed by atoms with Gasteiger partial charge in [-0.1, -0.05) is 24.3 Å². The highest BCUT2D eigenvalue weighted by Crippen LogP contribution is 2.36. The maximum atomic E-state index is 13.4. The summed E-state index contributed by atoms with van der Waals surface area (Å²) in [5.74, 6) is 0.741. The third kappa shape index (κ3) is 4.52. The van der Waals surface area contributed by atoms with Crippen molar-refractivity contribution in [2.45, 2.75) is 35.3 Å². The Morgan fingerprint density at radius 2 is 1.90 bits per heavy atom. The van der Waals surface area contributed by atoms with Gasteiger partial charge in [-0.05, 0) is 43.5 Å². The van der Waals surface area contributed by atoms with Crippen molar-refractivity contribution in [1.82, 2.24) is 9.88 Å². The lowest BCUT2D eigenvalue weighted by atomic mass is 9.98. The van der Waals surface area contributed by atoms with Crippen LogP contribution in [0.1, 0.15) is 40.5 Å². The van der Waals surface area contributed by atoms with E-state index < -0.39 is 9.84 Å². The van der Waals surface area contributed by atoms with Gasteiger partial charge >= 0.3 is 0 Å². The molecular weight excluding hydrogens is 448 g/mol. The van der Waals surface area contributed by atoms with Crippen molar-refractivity contribution in [3.8, 4) is 0 Å². The third-order valence-corrected chi connectivity index (χ3v) is 10.5. The van der Waals surface area contributed by atoms with Gasteiger partial charge in [-0.25, -0.2) is 13.4 Å². The molecule has 2 aromatic carbocycles. The molecule has 2 fully saturated rings. The number of piperidine rings is 1. The van der Waals surface area contributed by atoms with Crippen molar-refractivity contribution >= 4 is 49.1 Å². The standard InChI is InChI=1S/C23H24N2O3S3/c26-23(18-7-1-3-9-20(18)29-17-11-13-31(27,28)15-17)25-12-5-6-16(14-25)22-24-19-8-2-4-10-21(19)30-22/h1-4,7-10,16-17H,5-6,11-15H2/t16-,17+/m0/s1. The largest absolute Gasteiger partial charge is 0.338 e. The third-order valence-electron chi connectivity index (χ3n) is 5.97. The van der Waals surface area contributed by atoms with E-state index >= 15 is 0 Å². The molecule has 2 atom stereocenters. The molecule has 162 valence electrons. The van der Waals surface area contributed by atoms with Gasteiger partial charge in [0.2, 0.25) is 0 Å². The number of carbonyl (C=O) groups is 1. The predicted molar refractivity (Wildman–Crippen MR) is 127 cm³/mol. The van der Waals surface area contributed by atoms with E-state index in [0.29, 0.717) is 18.5 Å². The number of benzene rings is 2. The van der Waals surface area contributed by atoms with Crippen LogP contribution in [0.2, 0.25) is 0 Å². The molecule has 1 amide bonds. The summed E-state index contributed by atoms with van der Waals surface area (Å²) in [6.07, 6.45) is 2.65. The Labute approximate surface area is 190 Å². The minimum atomic E-state index is -2.94. The molecule has 2 saturated heterocycles. The summed E-state index contributed by atoms with van der Waals surface area (Å²) in [7, 11) is -2.94. The molecule has 3 aromatic rings.